The number of rotatable bonds is 3. The van der Waals surface area contributed by atoms with Crippen molar-refractivity contribution in [3.05, 3.63) is 182 Å². The molecule has 0 aliphatic carbocycles. The highest BCUT2D eigenvalue weighted by atomic mass is 16.3. The van der Waals surface area contributed by atoms with Crippen molar-refractivity contribution < 1.29 is 8.83 Å². The number of furan rings is 2. The summed E-state index contributed by atoms with van der Waals surface area (Å²) in [6.07, 6.45) is 0. The summed E-state index contributed by atoms with van der Waals surface area (Å²) in [5.41, 5.74) is 10.7. The summed E-state index contributed by atoms with van der Waals surface area (Å²) in [4.78, 5) is 0. The van der Waals surface area contributed by atoms with Crippen molar-refractivity contribution in [3.63, 3.8) is 0 Å². The van der Waals surface area contributed by atoms with E-state index in [2.05, 4.69) is 182 Å². The molecule has 0 aliphatic heterocycles. The molecule has 2 heterocycles. The van der Waals surface area contributed by atoms with Crippen LogP contribution in [0, 0.1) is 0 Å². The molecule has 2 nitrogen and oxygen atoms in total. The van der Waals surface area contributed by atoms with E-state index in [0.29, 0.717) is 0 Å². The van der Waals surface area contributed by atoms with E-state index in [-0.39, 0.29) is 0 Å². The zero-order valence-corrected chi connectivity index (χ0v) is 29.1. The van der Waals surface area contributed by atoms with Gasteiger partial charge in [0, 0.05) is 27.6 Å². The Hall–Kier alpha value is -7.16. The van der Waals surface area contributed by atoms with E-state index in [4.69, 9.17) is 8.83 Å². The topological polar surface area (TPSA) is 26.3 Å². The molecule has 0 N–H and O–H groups in total. The molecule has 0 amide bonds. The van der Waals surface area contributed by atoms with E-state index < -0.39 is 0 Å². The average Bonchev–Trinajstić information content (AvgIpc) is 3.78. The quantitative estimate of drug-likeness (QED) is 0.173. The number of benzene rings is 10. The van der Waals surface area contributed by atoms with Crippen LogP contribution in [0.5, 0.6) is 0 Å². The Kier molecular flexibility index (Phi) is 6.09. The zero-order chi connectivity index (χ0) is 35.3. The summed E-state index contributed by atoms with van der Waals surface area (Å²) in [5.74, 6) is 0. The molecule has 250 valence electrons. The minimum atomic E-state index is 0.829. The van der Waals surface area contributed by atoms with Crippen molar-refractivity contribution >= 4 is 87.0 Å². The van der Waals surface area contributed by atoms with E-state index in [1.165, 1.54) is 70.9 Å². The molecule has 12 aromatic rings. The van der Waals surface area contributed by atoms with Crippen LogP contribution in [-0.2, 0) is 0 Å². The maximum absolute atomic E-state index is 6.64. The fourth-order valence-electron chi connectivity index (χ4n) is 8.93. The lowest BCUT2D eigenvalue weighted by atomic mass is 9.85. The third-order valence-electron chi connectivity index (χ3n) is 11.4. The van der Waals surface area contributed by atoms with Gasteiger partial charge in [0.25, 0.3) is 0 Å². The van der Waals surface area contributed by atoms with Crippen molar-refractivity contribution in [1.29, 1.82) is 0 Å². The van der Waals surface area contributed by atoms with Gasteiger partial charge in [0.2, 0.25) is 0 Å². The van der Waals surface area contributed by atoms with Gasteiger partial charge in [-0.25, -0.2) is 0 Å². The van der Waals surface area contributed by atoms with Gasteiger partial charge in [-0.05, 0) is 113 Å². The minimum Gasteiger partial charge on any atom is -0.456 e. The van der Waals surface area contributed by atoms with E-state index in [1.54, 1.807) is 0 Å². The first kappa shape index (κ1) is 29.4. The van der Waals surface area contributed by atoms with Crippen molar-refractivity contribution in [3.8, 4) is 33.4 Å². The Morgan fingerprint density at radius 1 is 0.241 bits per heavy atom. The molecular weight excluding hydrogens is 657 g/mol. The number of hydrogen-bond acceptors (Lipinski definition) is 2. The first-order valence-electron chi connectivity index (χ1n) is 18.5. The summed E-state index contributed by atoms with van der Waals surface area (Å²) >= 11 is 0. The Bertz CT molecular complexity index is 3430. The lowest BCUT2D eigenvalue weighted by Gasteiger charge is -2.18. The van der Waals surface area contributed by atoms with E-state index in [9.17, 15) is 0 Å². The maximum atomic E-state index is 6.64. The van der Waals surface area contributed by atoms with Crippen LogP contribution in [0.4, 0.5) is 0 Å². The molecule has 0 fully saturated rings. The number of fused-ring (bicyclic) bond motifs is 11. The van der Waals surface area contributed by atoms with Crippen molar-refractivity contribution in [2.45, 2.75) is 0 Å². The van der Waals surface area contributed by atoms with Crippen LogP contribution in [0.3, 0.4) is 0 Å². The third kappa shape index (κ3) is 4.28. The molecule has 0 saturated carbocycles. The summed E-state index contributed by atoms with van der Waals surface area (Å²) in [6, 6.07) is 65.7. The van der Waals surface area contributed by atoms with Crippen LogP contribution in [0.1, 0.15) is 0 Å². The first-order valence-corrected chi connectivity index (χ1v) is 18.5. The molecule has 10 aromatic carbocycles. The normalized spacial score (nSPS) is 12.1. The molecule has 54 heavy (non-hydrogen) atoms. The second-order valence-electron chi connectivity index (χ2n) is 14.4. The molecule has 0 saturated heterocycles. The van der Waals surface area contributed by atoms with Crippen LogP contribution < -0.4 is 0 Å². The fourth-order valence-corrected chi connectivity index (χ4v) is 8.93. The van der Waals surface area contributed by atoms with E-state index in [1.807, 2.05) is 0 Å². The molecule has 0 bridgehead atoms. The molecule has 0 radical (unpaired) electrons. The maximum Gasteiger partial charge on any atom is 0.139 e. The minimum absolute atomic E-state index is 0.829. The molecule has 0 spiro atoms. The largest absolute Gasteiger partial charge is 0.456 e. The predicted molar refractivity (Wildman–Crippen MR) is 227 cm³/mol. The smallest absolute Gasteiger partial charge is 0.139 e. The molecule has 0 aliphatic rings. The van der Waals surface area contributed by atoms with E-state index in [0.717, 1.165) is 49.4 Å². The van der Waals surface area contributed by atoms with Gasteiger partial charge in [0.1, 0.15) is 22.3 Å². The highest BCUT2D eigenvalue weighted by molar-refractivity contribution is 6.24. The molecule has 2 aromatic heterocycles. The van der Waals surface area contributed by atoms with Crippen LogP contribution >= 0.6 is 0 Å². The Balaban J connectivity index is 1.04. The summed E-state index contributed by atoms with van der Waals surface area (Å²) in [7, 11) is 0. The van der Waals surface area contributed by atoms with Gasteiger partial charge in [-0.15, -0.1) is 0 Å². The second-order valence-corrected chi connectivity index (χ2v) is 14.4. The third-order valence-corrected chi connectivity index (χ3v) is 11.4. The van der Waals surface area contributed by atoms with Gasteiger partial charge < -0.3 is 8.83 Å². The summed E-state index contributed by atoms with van der Waals surface area (Å²) < 4.78 is 13.0. The highest BCUT2D eigenvalue weighted by Crippen LogP contribution is 2.46. The van der Waals surface area contributed by atoms with Crippen LogP contribution in [-0.4, -0.2) is 0 Å². The van der Waals surface area contributed by atoms with Crippen molar-refractivity contribution in [2.24, 2.45) is 0 Å². The van der Waals surface area contributed by atoms with Crippen LogP contribution in [0.15, 0.2) is 191 Å². The SMILES string of the molecule is c1ccc(-c2ccc3cc(-c4c5ccccc5c(-c5ccc6c(c5)oc5cc7oc8ccc9ccccc9c8c7cc56)c5ccccc45)ccc3c2)cc1. The first-order chi connectivity index (χ1) is 26.7. The summed E-state index contributed by atoms with van der Waals surface area (Å²) in [6.45, 7) is 0. The fraction of sp³-hybridized carbons (Fsp3) is 0. The highest BCUT2D eigenvalue weighted by Gasteiger charge is 2.19. The van der Waals surface area contributed by atoms with E-state index >= 15 is 0 Å². The van der Waals surface area contributed by atoms with Gasteiger partial charge >= 0.3 is 0 Å². The molecule has 0 atom stereocenters. The predicted octanol–water partition coefficient (Wildman–Crippen LogP) is 15.1. The second kappa shape index (κ2) is 11.2. The van der Waals surface area contributed by atoms with Gasteiger partial charge in [0.05, 0.1) is 0 Å². The van der Waals surface area contributed by atoms with Gasteiger partial charge in [-0.3, -0.25) is 0 Å². The lowest BCUT2D eigenvalue weighted by Crippen LogP contribution is -1.91. The van der Waals surface area contributed by atoms with Gasteiger partial charge in [0.15, 0.2) is 0 Å². The zero-order valence-electron chi connectivity index (χ0n) is 29.1. The Labute approximate surface area is 310 Å². The standard InChI is InChI=1S/C52H30O2/c1-2-10-31(11-3-1)33-18-19-35-27-36(21-20-34(35)26-33)50-40-14-6-8-16-42(40)51(43-17-9-7-15-41(43)50)37-22-24-39-44-29-45-49(30-48(44)54-47(39)28-37)53-46-25-23-32-12-4-5-13-38(32)52(45)46/h1-30H. The Morgan fingerprint density at radius 2 is 0.759 bits per heavy atom. The van der Waals surface area contributed by atoms with Crippen molar-refractivity contribution in [2.75, 3.05) is 0 Å². The number of hydrogen-bond donors (Lipinski definition) is 0. The molecule has 2 heteroatoms. The molecular formula is C52H30O2. The summed E-state index contributed by atoms with van der Waals surface area (Å²) in [5, 5.41) is 14.2. The Morgan fingerprint density at radius 3 is 1.48 bits per heavy atom. The van der Waals surface area contributed by atoms with Crippen LogP contribution in [0.2, 0.25) is 0 Å². The van der Waals surface area contributed by atoms with Crippen LogP contribution in [0.25, 0.3) is 120 Å². The van der Waals surface area contributed by atoms with Gasteiger partial charge in [-0.1, -0.05) is 140 Å². The average molecular weight is 687 g/mol. The van der Waals surface area contributed by atoms with Crippen molar-refractivity contribution in [1.82, 2.24) is 0 Å². The van der Waals surface area contributed by atoms with Gasteiger partial charge in [-0.2, -0.15) is 0 Å². The lowest BCUT2D eigenvalue weighted by molar-refractivity contribution is 0.656. The monoisotopic (exact) mass is 686 g/mol. The molecule has 0 unspecified atom stereocenters. The molecule has 12 rings (SSSR count).